The van der Waals surface area contributed by atoms with Crippen LogP contribution in [0, 0.1) is 0 Å². The zero-order valence-electron chi connectivity index (χ0n) is 9.90. The van der Waals surface area contributed by atoms with Crippen molar-refractivity contribution in [3.63, 3.8) is 0 Å². The molecule has 1 N–H and O–H groups in total. The summed E-state index contributed by atoms with van der Waals surface area (Å²) in [7, 11) is 0. The van der Waals surface area contributed by atoms with Gasteiger partial charge >= 0.3 is 0 Å². The molecule has 2 heterocycles. The predicted octanol–water partition coefficient (Wildman–Crippen LogP) is 2.55. The van der Waals surface area contributed by atoms with Crippen molar-refractivity contribution >= 4 is 21.6 Å². The highest BCUT2D eigenvalue weighted by Gasteiger charge is 2.18. The van der Waals surface area contributed by atoms with E-state index in [0.717, 1.165) is 24.1 Å². The van der Waals surface area contributed by atoms with E-state index in [1.165, 1.54) is 18.5 Å². The fourth-order valence-corrected chi connectivity index (χ4v) is 2.31. The van der Waals surface area contributed by atoms with Gasteiger partial charge in [-0.2, -0.15) is 0 Å². The molecule has 1 aromatic heterocycles. The number of piperidine rings is 1. The van der Waals surface area contributed by atoms with E-state index in [9.17, 15) is 0 Å². The summed E-state index contributed by atoms with van der Waals surface area (Å²) in [5, 5.41) is 3.51. The maximum Gasteiger partial charge on any atom is 0.0397 e. The van der Waals surface area contributed by atoms with Gasteiger partial charge in [-0.15, -0.1) is 0 Å². The van der Waals surface area contributed by atoms with Crippen molar-refractivity contribution in [2.24, 2.45) is 0 Å². The molecule has 2 rings (SSSR count). The Kier molecular flexibility index (Phi) is 4.57. The molecular weight excluding hydrogens is 278 g/mol. The molecule has 0 radical (unpaired) electrons. The summed E-state index contributed by atoms with van der Waals surface area (Å²) in [5.74, 6) is 0. The zero-order chi connectivity index (χ0) is 12.1. The van der Waals surface area contributed by atoms with Crippen LogP contribution in [0.25, 0.3) is 0 Å². The Morgan fingerprint density at radius 1 is 1.41 bits per heavy atom. The minimum absolute atomic E-state index is 0.613. The summed E-state index contributed by atoms with van der Waals surface area (Å²) >= 11 is 3.38. The molecule has 3 nitrogen and oxygen atoms in total. The van der Waals surface area contributed by atoms with Crippen LogP contribution < -0.4 is 10.2 Å². The third kappa shape index (κ3) is 3.82. The van der Waals surface area contributed by atoms with Crippen molar-refractivity contribution in [3.05, 3.63) is 35.6 Å². The lowest BCUT2D eigenvalue weighted by molar-refractivity contribution is 0.430. The Bertz CT molecular complexity index is 358. The predicted molar refractivity (Wildman–Crippen MR) is 75.5 cm³/mol. The lowest BCUT2D eigenvalue weighted by Gasteiger charge is -2.34. The van der Waals surface area contributed by atoms with Gasteiger partial charge in [0.1, 0.15) is 0 Å². The second kappa shape index (κ2) is 6.17. The smallest absolute Gasteiger partial charge is 0.0397 e. The van der Waals surface area contributed by atoms with E-state index in [-0.39, 0.29) is 0 Å². The number of hydrogen-bond acceptors (Lipinski definition) is 3. The van der Waals surface area contributed by atoms with Crippen molar-refractivity contribution in [2.75, 3.05) is 24.5 Å². The SMILES string of the molecule is C=C(Br)CNC1CCN(c2ccncc2)CC1. The van der Waals surface area contributed by atoms with Crippen LogP contribution in [0.1, 0.15) is 12.8 Å². The Morgan fingerprint density at radius 2 is 2.06 bits per heavy atom. The molecule has 0 amide bonds. The fourth-order valence-electron chi connectivity index (χ4n) is 2.15. The van der Waals surface area contributed by atoms with Gasteiger partial charge in [0.25, 0.3) is 0 Å². The second-order valence-corrected chi connectivity index (χ2v) is 5.49. The molecular formula is C13H18BrN3. The summed E-state index contributed by atoms with van der Waals surface area (Å²) in [4.78, 5) is 6.47. The third-order valence-corrected chi connectivity index (χ3v) is 3.39. The first-order valence-corrected chi connectivity index (χ1v) is 6.76. The molecule has 1 aromatic rings. The van der Waals surface area contributed by atoms with Crippen LogP contribution in [0.2, 0.25) is 0 Å². The number of nitrogens with one attached hydrogen (secondary N) is 1. The van der Waals surface area contributed by atoms with Gasteiger partial charge in [-0.25, -0.2) is 0 Å². The molecule has 1 fully saturated rings. The van der Waals surface area contributed by atoms with Crippen LogP contribution in [-0.4, -0.2) is 30.7 Å². The fraction of sp³-hybridized carbons (Fsp3) is 0.462. The van der Waals surface area contributed by atoms with Crippen LogP contribution in [0.3, 0.4) is 0 Å². The molecule has 17 heavy (non-hydrogen) atoms. The summed E-state index contributed by atoms with van der Waals surface area (Å²) in [6, 6.07) is 4.77. The Morgan fingerprint density at radius 3 is 2.65 bits per heavy atom. The normalized spacial score (nSPS) is 17.1. The monoisotopic (exact) mass is 295 g/mol. The van der Waals surface area contributed by atoms with Crippen LogP contribution in [-0.2, 0) is 0 Å². The van der Waals surface area contributed by atoms with Gasteiger partial charge in [0.05, 0.1) is 0 Å². The quantitative estimate of drug-likeness (QED) is 0.925. The average molecular weight is 296 g/mol. The van der Waals surface area contributed by atoms with Crippen LogP contribution in [0.5, 0.6) is 0 Å². The van der Waals surface area contributed by atoms with Gasteiger partial charge in [0.2, 0.25) is 0 Å². The molecule has 0 unspecified atom stereocenters. The lowest BCUT2D eigenvalue weighted by Crippen LogP contribution is -2.42. The molecule has 0 saturated carbocycles. The maximum atomic E-state index is 4.05. The first kappa shape index (κ1) is 12.6. The maximum absolute atomic E-state index is 4.05. The standard InChI is InChI=1S/C13H18BrN3/c1-11(14)10-16-12-4-8-17(9-5-12)13-2-6-15-7-3-13/h2-3,6-7,12,16H,1,4-5,8-10H2. The van der Waals surface area contributed by atoms with Crippen LogP contribution >= 0.6 is 15.9 Å². The van der Waals surface area contributed by atoms with E-state index in [0.29, 0.717) is 6.04 Å². The van der Waals surface area contributed by atoms with Crippen molar-refractivity contribution < 1.29 is 0 Å². The summed E-state index contributed by atoms with van der Waals surface area (Å²) in [5.41, 5.74) is 1.28. The summed E-state index contributed by atoms with van der Waals surface area (Å²) in [6.07, 6.45) is 6.08. The van der Waals surface area contributed by atoms with Gasteiger partial charge in [-0.3, -0.25) is 4.98 Å². The second-order valence-electron chi connectivity index (χ2n) is 4.36. The number of halogens is 1. The molecule has 1 aliphatic heterocycles. The first-order chi connectivity index (χ1) is 8.25. The number of rotatable bonds is 4. The minimum atomic E-state index is 0.613. The third-order valence-electron chi connectivity index (χ3n) is 3.11. The highest BCUT2D eigenvalue weighted by molar-refractivity contribution is 9.11. The summed E-state index contributed by atoms with van der Waals surface area (Å²) in [6.45, 7) is 6.92. The average Bonchev–Trinajstić information content (AvgIpc) is 2.38. The molecule has 0 atom stereocenters. The molecule has 0 bridgehead atoms. The van der Waals surface area contributed by atoms with Crippen LogP contribution in [0.4, 0.5) is 5.69 Å². The molecule has 4 heteroatoms. The molecule has 1 aliphatic rings. The van der Waals surface area contributed by atoms with Gasteiger partial charge in [0.15, 0.2) is 0 Å². The Hall–Kier alpha value is -0.870. The lowest BCUT2D eigenvalue weighted by atomic mass is 10.0. The Labute approximate surface area is 111 Å². The number of pyridine rings is 1. The van der Waals surface area contributed by atoms with E-state index < -0.39 is 0 Å². The topological polar surface area (TPSA) is 28.2 Å². The van der Waals surface area contributed by atoms with E-state index >= 15 is 0 Å². The van der Waals surface area contributed by atoms with Gasteiger partial charge in [-0.1, -0.05) is 22.5 Å². The molecule has 0 spiro atoms. The van der Waals surface area contributed by atoms with Gasteiger partial charge in [-0.05, 0) is 25.0 Å². The van der Waals surface area contributed by atoms with Crippen molar-refractivity contribution in [1.29, 1.82) is 0 Å². The zero-order valence-corrected chi connectivity index (χ0v) is 11.5. The van der Waals surface area contributed by atoms with Crippen molar-refractivity contribution in [2.45, 2.75) is 18.9 Å². The minimum Gasteiger partial charge on any atom is -0.371 e. The van der Waals surface area contributed by atoms with Crippen molar-refractivity contribution in [1.82, 2.24) is 10.3 Å². The highest BCUT2D eigenvalue weighted by Crippen LogP contribution is 2.19. The number of hydrogen-bond donors (Lipinski definition) is 1. The molecule has 1 saturated heterocycles. The van der Waals surface area contributed by atoms with E-state index in [2.05, 4.69) is 49.8 Å². The van der Waals surface area contributed by atoms with E-state index in [4.69, 9.17) is 0 Å². The van der Waals surface area contributed by atoms with Crippen LogP contribution in [0.15, 0.2) is 35.6 Å². The number of anilines is 1. The first-order valence-electron chi connectivity index (χ1n) is 5.97. The van der Waals surface area contributed by atoms with Gasteiger partial charge in [0, 0.05) is 48.2 Å². The highest BCUT2D eigenvalue weighted by atomic mass is 79.9. The molecule has 0 aromatic carbocycles. The van der Waals surface area contributed by atoms with Gasteiger partial charge < -0.3 is 10.2 Å². The number of nitrogens with zero attached hydrogens (tertiary/aromatic N) is 2. The van der Waals surface area contributed by atoms with E-state index in [1.54, 1.807) is 0 Å². The largest absolute Gasteiger partial charge is 0.371 e. The van der Waals surface area contributed by atoms with Crippen molar-refractivity contribution in [3.8, 4) is 0 Å². The number of aromatic nitrogens is 1. The summed E-state index contributed by atoms with van der Waals surface area (Å²) < 4.78 is 1.02. The molecule has 0 aliphatic carbocycles. The van der Waals surface area contributed by atoms with E-state index in [1.807, 2.05) is 12.4 Å². The Balaban J connectivity index is 1.80. The molecule has 92 valence electrons.